The summed E-state index contributed by atoms with van der Waals surface area (Å²) in [6.45, 7) is 4.53. The minimum Gasteiger partial charge on any atom is -0.466 e. The summed E-state index contributed by atoms with van der Waals surface area (Å²) in [7, 11) is 0. The van der Waals surface area contributed by atoms with Gasteiger partial charge in [-0.1, -0.05) is 13.3 Å². The first-order chi connectivity index (χ1) is 7.77. The number of aliphatic hydroxyl groups excluding tert-OH is 1. The van der Waals surface area contributed by atoms with E-state index in [0.717, 1.165) is 38.8 Å². The van der Waals surface area contributed by atoms with Crippen molar-refractivity contribution in [3.63, 3.8) is 0 Å². The maximum atomic E-state index is 11.4. The molecule has 0 amide bonds. The van der Waals surface area contributed by atoms with E-state index in [4.69, 9.17) is 9.84 Å². The molecule has 0 aromatic heterocycles. The van der Waals surface area contributed by atoms with Gasteiger partial charge in [-0.25, -0.2) is 0 Å². The van der Waals surface area contributed by atoms with Crippen LogP contribution < -0.4 is 0 Å². The summed E-state index contributed by atoms with van der Waals surface area (Å²) in [6.07, 6.45) is 4.60. The molecule has 4 heteroatoms. The van der Waals surface area contributed by atoms with Gasteiger partial charge in [-0.2, -0.15) is 0 Å². The highest BCUT2D eigenvalue weighted by molar-refractivity contribution is 5.69. The number of aliphatic hydroxyl groups is 1. The molecule has 0 aromatic rings. The van der Waals surface area contributed by atoms with Gasteiger partial charge in [-0.05, 0) is 25.8 Å². The molecule has 0 aliphatic carbocycles. The first kappa shape index (κ1) is 13.5. The molecule has 1 N–H and O–H groups in total. The molecular weight excluding hydrogens is 206 g/mol. The predicted octanol–water partition coefficient (Wildman–Crippen LogP) is 1.18. The van der Waals surface area contributed by atoms with E-state index >= 15 is 0 Å². The molecule has 1 aliphatic heterocycles. The Morgan fingerprint density at radius 3 is 3.06 bits per heavy atom. The van der Waals surface area contributed by atoms with Crippen LogP contribution in [0.4, 0.5) is 0 Å². The van der Waals surface area contributed by atoms with Crippen molar-refractivity contribution in [1.82, 2.24) is 4.90 Å². The normalized spacial score (nSPS) is 21.2. The first-order valence-corrected chi connectivity index (χ1v) is 6.28. The summed E-state index contributed by atoms with van der Waals surface area (Å²) in [5.41, 5.74) is 0. The molecule has 0 radical (unpaired) electrons. The van der Waals surface area contributed by atoms with Crippen LogP contribution in [0.3, 0.4) is 0 Å². The Hall–Kier alpha value is -0.610. The van der Waals surface area contributed by atoms with Crippen LogP contribution in [-0.4, -0.2) is 48.3 Å². The van der Waals surface area contributed by atoms with Crippen molar-refractivity contribution in [2.24, 2.45) is 0 Å². The fourth-order valence-corrected chi connectivity index (χ4v) is 2.03. The summed E-state index contributed by atoms with van der Waals surface area (Å²) < 4.78 is 5.08. The average Bonchev–Trinajstić information content (AvgIpc) is 2.74. The molecule has 0 bridgehead atoms. The highest BCUT2D eigenvalue weighted by Crippen LogP contribution is 2.16. The molecule has 1 atom stereocenters. The monoisotopic (exact) mass is 229 g/mol. The predicted molar refractivity (Wildman–Crippen MR) is 62.2 cm³/mol. The number of nitrogens with zero attached hydrogens (tertiary/aromatic N) is 1. The molecule has 1 fully saturated rings. The smallest absolute Gasteiger partial charge is 0.307 e. The highest BCUT2D eigenvalue weighted by Gasteiger charge is 2.23. The molecule has 1 unspecified atom stereocenters. The van der Waals surface area contributed by atoms with Crippen molar-refractivity contribution >= 4 is 5.97 Å². The lowest BCUT2D eigenvalue weighted by atomic mass is 10.2. The molecule has 1 saturated heterocycles. The fourth-order valence-electron chi connectivity index (χ4n) is 2.03. The number of hydrogen-bond acceptors (Lipinski definition) is 4. The molecule has 0 aromatic carbocycles. The standard InChI is InChI=1S/C12H23NO3/c1-2-3-9-16-12(15)6-8-13-7-4-5-11(13)10-14/h11,14H,2-10H2,1H3. The van der Waals surface area contributed by atoms with Crippen LogP contribution in [0.25, 0.3) is 0 Å². The Kier molecular flexibility index (Phi) is 6.42. The second-order valence-corrected chi connectivity index (χ2v) is 4.34. The number of carbonyl (C=O) groups is 1. The van der Waals surface area contributed by atoms with Gasteiger partial charge in [0.15, 0.2) is 0 Å². The Labute approximate surface area is 97.6 Å². The van der Waals surface area contributed by atoms with Crippen molar-refractivity contribution in [3.05, 3.63) is 0 Å². The molecule has 94 valence electrons. The highest BCUT2D eigenvalue weighted by atomic mass is 16.5. The Balaban J connectivity index is 2.11. The SMILES string of the molecule is CCCCOC(=O)CCN1CCCC1CO. The zero-order chi connectivity index (χ0) is 11.8. The van der Waals surface area contributed by atoms with Gasteiger partial charge in [-0.3, -0.25) is 9.69 Å². The second kappa shape index (κ2) is 7.63. The van der Waals surface area contributed by atoms with Crippen molar-refractivity contribution in [2.45, 2.75) is 45.1 Å². The molecule has 0 spiro atoms. The Bertz CT molecular complexity index is 208. The van der Waals surface area contributed by atoms with Crippen molar-refractivity contribution < 1.29 is 14.6 Å². The number of esters is 1. The lowest BCUT2D eigenvalue weighted by Gasteiger charge is -2.21. The van der Waals surface area contributed by atoms with E-state index in [1.807, 2.05) is 0 Å². The van der Waals surface area contributed by atoms with Crippen LogP contribution in [0.15, 0.2) is 0 Å². The molecule has 1 aliphatic rings. The maximum absolute atomic E-state index is 11.4. The number of hydrogen-bond donors (Lipinski definition) is 1. The zero-order valence-corrected chi connectivity index (χ0v) is 10.2. The number of rotatable bonds is 7. The Morgan fingerprint density at radius 1 is 1.56 bits per heavy atom. The average molecular weight is 229 g/mol. The number of ether oxygens (including phenoxy) is 1. The minimum absolute atomic E-state index is 0.114. The quantitative estimate of drug-likeness (QED) is 0.526. The summed E-state index contributed by atoms with van der Waals surface area (Å²) in [4.78, 5) is 13.5. The Morgan fingerprint density at radius 2 is 2.38 bits per heavy atom. The van der Waals surface area contributed by atoms with Crippen LogP contribution in [0, 0.1) is 0 Å². The first-order valence-electron chi connectivity index (χ1n) is 6.28. The molecule has 4 nitrogen and oxygen atoms in total. The third-order valence-corrected chi connectivity index (χ3v) is 3.07. The van der Waals surface area contributed by atoms with E-state index in [2.05, 4.69) is 11.8 Å². The molecular formula is C12H23NO3. The van der Waals surface area contributed by atoms with E-state index in [-0.39, 0.29) is 18.6 Å². The van der Waals surface area contributed by atoms with Gasteiger partial charge in [0.1, 0.15) is 0 Å². The largest absolute Gasteiger partial charge is 0.466 e. The van der Waals surface area contributed by atoms with Crippen LogP contribution in [-0.2, 0) is 9.53 Å². The van der Waals surface area contributed by atoms with Crippen LogP contribution >= 0.6 is 0 Å². The minimum atomic E-state index is -0.114. The van der Waals surface area contributed by atoms with Crippen LogP contribution in [0.1, 0.15) is 39.0 Å². The number of carbonyl (C=O) groups excluding carboxylic acids is 1. The van der Waals surface area contributed by atoms with Crippen molar-refractivity contribution in [3.8, 4) is 0 Å². The van der Waals surface area contributed by atoms with Crippen LogP contribution in [0.2, 0.25) is 0 Å². The lowest BCUT2D eigenvalue weighted by molar-refractivity contribution is -0.144. The van der Waals surface area contributed by atoms with Gasteiger partial charge in [0.2, 0.25) is 0 Å². The van der Waals surface area contributed by atoms with E-state index in [9.17, 15) is 4.79 Å². The molecule has 1 heterocycles. The van der Waals surface area contributed by atoms with E-state index in [1.54, 1.807) is 0 Å². The number of unbranched alkanes of at least 4 members (excludes halogenated alkanes) is 1. The van der Waals surface area contributed by atoms with Gasteiger partial charge in [-0.15, -0.1) is 0 Å². The van der Waals surface area contributed by atoms with Crippen molar-refractivity contribution in [2.75, 3.05) is 26.3 Å². The molecule has 0 saturated carbocycles. The van der Waals surface area contributed by atoms with Crippen molar-refractivity contribution in [1.29, 1.82) is 0 Å². The van der Waals surface area contributed by atoms with E-state index in [0.29, 0.717) is 13.0 Å². The third kappa shape index (κ3) is 4.49. The van der Waals surface area contributed by atoms with Gasteiger partial charge < -0.3 is 9.84 Å². The van der Waals surface area contributed by atoms with Crippen LogP contribution in [0.5, 0.6) is 0 Å². The third-order valence-electron chi connectivity index (χ3n) is 3.07. The molecule has 1 rings (SSSR count). The van der Waals surface area contributed by atoms with Gasteiger partial charge in [0.25, 0.3) is 0 Å². The lowest BCUT2D eigenvalue weighted by Crippen LogP contribution is -2.34. The topological polar surface area (TPSA) is 49.8 Å². The summed E-state index contributed by atoms with van der Waals surface area (Å²) >= 11 is 0. The van der Waals surface area contributed by atoms with Gasteiger partial charge in [0, 0.05) is 12.6 Å². The van der Waals surface area contributed by atoms with Gasteiger partial charge >= 0.3 is 5.97 Å². The van der Waals surface area contributed by atoms with Gasteiger partial charge in [0.05, 0.1) is 19.6 Å². The maximum Gasteiger partial charge on any atom is 0.307 e. The summed E-state index contributed by atoms with van der Waals surface area (Å²) in [5.74, 6) is -0.114. The number of likely N-dealkylation sites (tertiary alicyclic amines) is 1. The molecule has 16 heavy (non-hydrogen) atoms. The van der Waals surface area contributed by atoms with E-state index < -0.39 is 0 Å². The fraction of sp³-hybridized carbons (Fsp3) is 0.917. The zero-order valence-electron chi connectivity index (χ0n) is 10.2. The van der Waals surface area contributed by atoms with E-state index in [1.165, 1.54) is 0 Å². The summed E-state index contributed by atoms with van der Waals surface area (Å²) in [6, 6.07) is 0.253. The summed E-state index contributed by atoms with van der Waals surface area (Å²) in [5, 5.41) is 9.12. The second-order valence-electron chi connectivity index (χ2n) is 4.34.